The van der Waals surface area contributed by atoms with Crippen LogP contribution >= 0.6 is 0 Å². The predicted molar refractivity (Wildman–Crippen MR) is 330 cm³/mol. The van der Waals surface area contributed by atoms with Crippen LogP contribution < -0.4 is 0 Å². The van der Waals surface area contributed by atoms with Gasteiger partial charge in [0.15, 0.2) is 6.10 Å². The molecule has 6 heteroatoms. The van der Waals surface area contributed by atoms with Crippen molar-refractivity contribution in [2.24, 2.45) is 0 Å². The third kappa shape index (κ3) is 62.7. The van der Waals surface area contributed by atoms with Gasteiger partial charge in [-0.25, -0.2) is 0 Å². The van der Waals surface area contributed by atoms with E-state index in [-0.39, 0.29) is 31.1 Å². The van der Waals surface area contributed by atoms with E-state index in [1.165, 1.54) is 283 Å². The number of hydrogen-bond acceptors (Lipinski definition) is 6. The van der Waals surface area contributed by atoms with E-state index in [0.29, 0.717) is 19.3 Å². The van der Waals surface area contributed by atoms with E-state index in [2.05, 4.69) is 45.1 Å². The minimum atomic E-state index is -0.775. The third-order valence-corrected chi connectivity index (χ3v) is 15.7. The summed E-state index contributed by atoms with van der Waals surface area (Å²) in [4.78, 5) is 38.4. The zero-order valence-corrected chi connectivity index (χ0v) is 51.6. The lowest BCUT2D eigenvalue weighted by molar-refractivity contribution is -0.167. The summed E-state index contributed by atoms with van der Waals surface area (Å²) < 4.78 is 17.0. The first-order valence-electron chi connectivity index (χ1n) is 34.3. The van der Waals surface area contributed by atoms with Crippen LogP contribution in [0, 0.1) is 0 Å². The van der Waals surface area contributed by atoms with Crippen molar-refractivity contribution in [3.05, 3.63) is 24.3 Å². The largest absolute Gasteiger partial charge is 0.462 e. The van der Waals surface area contributed by atoms with Crippen LogP contribution in [-0.2, 0) is 28.6 Å². The second-order valence-corrected chi connectivity index (χ2v) is 23.4. The average Bonchev–Trinajstić information content (AvgIpc) is 3.42. The Hall–Kier alpha value is -2.11. The highest BCUT2D eigenvalue weighted by molar-refractivity contribution is 5.71. The topological polar surface area (TPSA) is 78.9 Å². The maximum Gasteiger partial charge on any atom is 0.306 e. The van der Waals surface area contributed by atoms with Crippen molar-refractivity contribution in [1.82, 2.24) is 0 Å². The van der Waals surface area contributed by atoms with Crippen molar-refractivity contribution >= 4 is 17.9 Å². The number of carbonyl (C=O) groups is 3. The van der Waals surface area contributed by atoms with Gasteiger partial charge in [-0.15, -0.1) is 0 Å². The maximum atomic E-state index is 12.9. The van der Waals surface area contributed by atoms with E-state index in [0.717, 1.165) is 64.2 Å². The van der Waals surface area contributed by atoms with Crippen LogP contribution in [0.25, 0.3) is 0 Å². The highest BCUT2D eigenvalue weighted by Gasteiger charge is 2.19. The molecule has 0 aromatic carbocycles. The van der Waals surface area contributed by atoms with Gasteiger partial charge >= 0.3 is 17.9 Å². The van der Waals surface area contributed by atoms with E-state index < -0.39 is 6.10 Å². The molecular formula is C70H132O6. The zero-order valence-electron chi connectivity index (χ0n) is 51.6. The molecule has 0 aromatic heterocycles. The molecule has 0 heterocycles. The molecule has 0 bridgehead atoms. The Labute approximate surface area is 474 Å². The molecular weight excluding hydrogens is 937 g/mol. The lowest BCUT2D eigenvalue weighted by Crippen LogP contribution is -2.30. The summed E-state index contributed by atoms with van der Waals surface area (Å²) in [6, 6.07) is 0. The number of hydrogen-bond donors (Lipinski definition) is 0. The molecule has 0 N–H and O–H groups in total. The van der Waals surface area contributed by atoms with Crippen molar-refractivity contribution in [1.29, 1.82) is 0 Å². The van der Waals surface area contributed by atoms with Crippen LogP contribution in [0.4, 0.5) is 0 Å². The van der Waals surface area contributed by atoms with Gasteiger partial charge in [-0.3, -0.25) is 14.4 Å². The fourth-order valence-electron chi connectivity index (χ4n) is 10.5. The van der Waals surface area contributed by atoms with E-state index >= 15 is 0 Å². The quantitative estimate of drug-likeness (QED) is 0.0261. The molecule has 0 aliphatic carbocycles. The van der Waals surface area contributed by atoms with Gasteiger partial charge in [-0.1, -0.05) is 321 Å². The van der Waals surface area contributed by atoms with Crippen molar-refractivity contribution in [3.63, 3.8) is 0 Å². The molecule has 76 heavy (non-hydrogen) atoms. The number of unbranched alkanes of at least 4 members (excludes halogenated alkanes) is 49. The molecule has 0 radical (unpaired) electrons. The van der Waals surface area contributed by atoms with E-state index in [1.54, 1.807) is 0 Å². The summed E-state index contributed by atoms with van der Waals surface area (Å²) >= 11 is 0. The number of carbonyl (C=O) groups excluding carboxylic acids is 3. The van der Waals surface area contributed by atoms with Gasteiger partial charge in [-0.2, -0.15) is 0 Å². The van der Waals surface area contributed by atoms with Gasteiger partial charge in [0.1, 0.15) is 13.2 Å². The third-order valence-electron chi connectivity index (χ3n) is 15.7. The fraction of sp³-hybridized carbons (Fsp3) is 0.900. The maximum absolute atomic E-state index is 12.9. The highest BCUT2D eigenvalue weighted by atomic mass is 16.6. The molecule has 0 saturated heterocycles. The lowest BCUT2D eigenvalue weighted by Gasteiger charge is -2.18. The minimum absolute atomic E-state index is 0.0705. The molecule has 0 spiro atoms. The summed E-state index contributed by atoms with van der Waals surface area (Å²) in [7, 11) is 0. The molecule has 448 valence electrons. The zero-order chi connectivity index (χ0) is 55.0. The van der Waals surface area contributed by atoms with Gasteiger partial charge in [0.25, 0.3) is 0 Å². The first-order chi connectivity index (χ1) is 37.5. The van der Waals surface area contributed by atoms with E-state index in [1.807, 2.05) is 0 Å². The van der Waals surface area contributed by atoms with Crippen molar-refractivity contribution in [2.45, 2.75) is 393 Å². The van der Waals surface area contributed by atoms with E-state index in [4.69, 9.17) is 14.2 Å². The van der Waals surface area contributed by atoms with Crippen molar-refractivity contribution in [3.8, 4) is 0 Å². The average molecular weight is 1070 g/mol. The van der Waals surface area contributed by atoms with Crippen LogP contribution in [0.5, 0.6) is 0 Å². The Bertz CT molecular complexity index is 1230. The van der Waals surface area contributed by atoms with Gasteiger partial charge in [0, 0.05) is 19.3 Å². The van der Waals surface area contributed by atoms with Crippen molar-refractivity contribution in [2.75, 3.05) is 13.2 Å². The number of ether oxygens (including phenoxy) is 3. The van der Waals surface area contributed by atoms with Crippen LogP contribution in [0.3, 0.4) is 0 Å². The second-order valence-electron chi connectivity index (χ2n) is 23.4. The fourth-order valence-corrected chi connectivity index (χ4v) is 10.5. The van der Waals surface area contributed by atoms with Crippen molar-refractivity contribution < 1.29 is 28.6 Å². The SMILES string of the molecule is CCCCCCC/C=C\CCCCCCCC(=O)OCC(COC(=O)CCCCCCCCCCCCCCCCCCCCCCCCCCCC)OC(=O)CCCCCCCCC/C=C\CCCCCCCCC. The number of rotatable bonds is 64. The number of allylic oxidation sites excluding steroid dienone is 4. The molecule has 0 saturated carbocycles. The Morgan fingerprint density at radius 2 is 0.434 bits per heavy atom. The smallest absolute Gasteiger partial charge is 0.306 e. The van der Waals surface area contributed by atoms with Crippen LogP contribution in [0.15, 0.2) is 24.3 Å². The molecule has 0 amide bonds. The molecule has 0 aliphatic heterocycles. The summed E-state index contributed by atoms with van der Waals surface area (Å²) in [6.45, 7) is 6.69. The Kier molecular flexibility index (Phi) is 63.6. The summed E-state index contributed by atoms with van der Waals surface area (Å²) in [5.41, 5.74) is 0. The van der Waals surface area contributed by atoms with Gasteiger partial charge in [0.05, 0.1) is 0 Å². The molecule has 0 fully saturated rings. The molecule has 0 rings (SSSR count). The molecule has 0 aromatic rings. The van der Waals surface area contributed by atoms with E-state index in [9.17, 15) is 14.4 Å². The number of esters is 3. The monoisotopic (exact) mass is 1070 g/mol. The molecule has 6 nitrogen and oxygen atoms in total. The van der Waals surface area contributed by atoms with Crippen LogP contribution in [0.1, 0.15) is 387 Å². The minimum Gasteiger partial charge on any atom is -0.462 e. The van der Waals surface area contributed by atoms with Crippen LogP contribution in [-0.4, -0.2) is 37.2 Å². The molecule has 0 aliphatic rings. The standard InChI is InChI=1S/C70H132O6/c1-4-7-10-13-16-19-22-25-28-30-32-33-34-35-36-37-38-39-41-42-45-48-51-54-57-60-63-69(72)75-66-67(65-74-68(71)62-59-56-53-50-47-44-27-24-21-18-15-12-9-6-3)76-70(73)64-61-58-55-52-49-46-43-40-31-29-26-23-20-17-14-11-8-5-2/h24,27,29,31,67H,4-23,25-26,28,30,32-66H2,1-3H3/b27-24-,31-29-. The Morgan fingerprint density at radius 1 is 0.250 bits per heavy atom. The molecule has 1 unspecified atom stereocenters. The summed E-state index contributed by atoms with van der Waals surface area (Å²) in [5, 5.41) is 0. The summed E-state index contributed by atoms with van der Waals surface area (Å²) in [6.07, 6.45) is 79.2. The van der Waals surface area contributed by atoms with Gasteiger partial charge in [-0.05, 0) is 70.6 Å². The summed E-state index contributed by atoms with van der Waals surface area (Å²) in [5.74, 6) is -0.855. The van der Waals surface area contributed by atoms with Gasteiger partial charge < -0.3 is 14.2 Å². The normalized spacial score (nSPS) is 12.1. The Balaban J connectivity index is 4.23. The second kappa shape index (κ2) is 65.4. The Morgan fingerprint density at radius 3 is 0.658 bits per heavy atom. The molecule has 1 atom stereocenters. The first-order valence-corrected chi connectivity index (χ1v) is 34.3. The highest BCUT2D eigenvalue weighted by Crippen LogP contribution is 2.18. The van der Waals surface area contributed by atoms with Crippen LogP contribution in [0.2, 0.25) is 0 Å². The predicted octanol–water partition coefficient (Wildman–Crippen LogP) is 23.4. The lowest BCUT2D eigenvalue weighted by atomic mass is 10.0. The van der Waals surface area contributed by atoms with Gasteiger partial charge in [0.2, 0.25) is 0 Å². The first kappa shape index (κ1) is 73.9.